The van der Waals surface area contributed by atoms with Crippen molar-refractivity contribution < 1.29 is 9.84 Å². The lowest BCUT2D eigenvalue weighted by atomic mass is 9.92. The van der Waals surface area contributed by atoms with Gasteiger partial charge in [-0.15, -0.1) is 0 Å². The third kappa shape index (κ3) is 3.02. The first kappa shape index (κ1) is 13.2. The zero-order valence-electron chi connectivity index (χ0n) is 11.6. The molecule has 1 atom stereocenters. The number of ether oxygens (including phenoxy) is 1. The van der Waals surface area contributed by atoms with E-state index in [0.29, 0.717) is 6.61 Å². The van der Waals surface area contributed by atoms with Gasteiger partial charge in [0.05, 0.1) is 0 Å². The van der Waals surface area contributed by atoms with Gasteiger partial charge < -0.3 is 9.84 Å². The van der Waals surface area contributed by atoms with Crippen LogP contribution in [0, 0.1) is 0 Å². The largest absolute Gasteiger partial charge is 0.491 e. The molecule has 2 aromatic carbocycles. The topological polar surface area (TPSA) is 29.5 Å². The second-order valence-corrected chi connectivity index (χ2v) is 5.38. The molecule has 1 aliphatic rings. The van der Waals surface area contributed by atoms with Crippen molar-refractivity contribution in [3.05, 3.63) is 65.2 Å². The molecule has 1 unspecified atom stereocenters. The smallest absolute Gasteiger partial charge is 0.119 e. The number of hydrogen-bond acceptors (Lipinski definition) is 2. The summed E-state index contributed by atoms with van der Waals surface area (Å²) in [5, 5.41) is 10.1. The maximum Gasteiger partial charge on any atom is 0.119 e. The Morgan fingerprint density at radius 2 is 1.70 bits per heavy atom. The lowest BCUT2D eigenvalue weighted by Gasteiger charge is -2.18. The van der Waals surface area contributed by atoms with Crippen molar-refractivity contribution in [3.63, 3.8) is 0 Å². The Bertz CT molecular complexity index is 563. The molecule has 3 rings (SSSR count). The highest BCUT2D eigenvalue weighted by atomic mass is 16.5. The van der Waals surface area contributed by atoms with Crippen molar-refractivity contribution in [2.45, 2.75) is 31.8 Å². The lowest BCUT2D eigenvalue weighted by molar-refractivity contribution is 0.108. The van der Waals surface area contributed by atoms with Crippen molar-refractivity contribution in [3.8, 4) is 5.75 Å². The fourth-order valence-electron chi connectivity index (χ4n) is 2.75. The maximum atomic E-state index is 10.1. The summed E-state index contributed by atoms with van der Waals surface area (Å²) in [6.07, 6.45) is 4.31. The number of fused-ring (bicyclic) bond motifs is 1. The van der Waals surface area contributed by atoms with Crippen molar-refractivity contribution in [1.29, 1.82) is 0 Å². The molecule has 0 bridgehead atoms. The van der Waals surface area contributed by atoms with Crippen molar-refractivity contribution in [2.75, 3.05) is 6.61 Å². The molecular weight excluding hydrogens is 248 g/mol. The highest BCUT2D eigenvalue weighted by Crippen LogP contribution is 2.26. The second kappa shape index (κ2) is 6.10. The molecule has 20 heavy (non-hydrogen) atoms. The van der Waals surface area contributed by atoms with Crippen LogP contribution >= 0.6 is 0 Å². The summed E-state index contributed by atoms with van der Waals surface area (Å²) < 4.78 is 5.74. The van der Waals surface area contributed by atoms with Gasteiger partial charge in [-0.25, -0.2) is 0 Å². The molecule has 1 N–H and O–H groups in total. The van der Waals surface area contributed by atoms with E-state index in [2.05, 4.69) is 12.1 Å². The molecule has 2 heteroatoms. The van der Waals surface area contributed by atoms with E-state index in [0.717, 1.165) is 17.7 Å². The average Bonchev–Trinajstić information content (AvgIpc) is 2.53. The molecule has 104 valence electrons. The van der Waals surface area contributed by atoms with Crippen LogP contribution in [0.3, 0.4) is 0 Å². The molecule has 0 spiro atoms. The van der Waals surface area contributed by atoms with Gasteiger partial charge in [-0.3, -0.25) is 0 Å². The van der Waals surface area contributed by atoms with Crippen LogP contribution in [-0.2, 0) is 12.8 Å². The van der Waals surface area contributed by atoms with Gasteiger partial charge in [-0.2, -0.15) is 0 Å². The second-order valence-electron chi connectivity index (χ2n) is 5.38. The molecule has 0 aliphatic heterocycles. The number of benzene rings is 2. The molecule has 0 saturated heterocycles. The quantitative estimate of drug-likeness (QED) is 0.916. The molecule has 0 radical (unpaired) electrons. The third-order valence-electron chi connectivity index (χ3n) is 3.91. The molecule has 0 heterocycles. The van der Waals surface area contributed by atoms with Crippen LogP contribution in [0.1, 0.15) is 35.6 Å². The number of hydrogen-bond donors (Lipinski definition) is 1. The van der Waals surface area contributed by atoms with Gasteiger partial charge in [0.25, 0.3) is 0 Å². The summed E-state index contributed by atoms with van der Waals surface area (Å²) in [5.74, 6) is 0.862. The van der Waals surface area contributed by atoms with Crippen LogP contribution in [0.4, 0.5) is 0 Å². The number of aliphatic hydroxyl groups excluding tert-OH is 1. The number of aryl methyl sites for hydroxylation is 2. The van der Waals surface area contributed by atoms with Crippen LogP contribution in [-0.4, -0.2) is 11.7 Å². The summed E-state index contributed by atoms with van der Waals surface area (Å²) in [4.78, 5) is 0. The van der Waals surface area contributed by atoms with Gasteiger partial charge in [-0.1, -0.05) is 36.4 Å². The van der Waals surface area contributed by atoms with E-state index < -0.39 is 6.10 Å². The minimum Gasteiger partial charge on any atom is -0.491 e. The summed E-state index contributed by atoms with van der Waals surface area (Å²) in [5.41, 5.74) is 3.75. The first-order chi connectivity index (χ1) is 9.83. The van der Waals surface area contributed by atoms with E-state index in [-0.39, 0.29) is 0 Å². The number of aliphatic hydroxyl groups is 1. The Morgan fingerprint density at radius 3 is 2.50 bits per heavy atom. The molecule has 0 fully saturated rings. The van der Waals surface area contributed by atoms with Gasteiger partial charge in [0.15, 0.2) is 0 Å². The Hall–Kier alpha value is -1.80. The van der Waals surface area contributed by atoms with Gasteiger partial charge >= 0.3 is 0 Å². The van der Waals surface area contributed by atoms with Crippen LogP contribution in [0.15, 0.2) is 48.5 Å². The molecule has 0 amide bonds. The minimum atomic E-state index is -0.577. The van der Waals surface area contributed by atoms with Gasteiger partial charge in [0, 0.05) is 0 Å². The van der Waals surface area contributed by atoms with Crippen LogP contribution in [0.2, 0.25) is 0 Å². The Kier molecular flexibility index (Phi) is 4.03. The highest BCUT2D eigenvalue weighted by molar-refractivity contribution is 5.37. The van der Waals surface area contributed by atoms with E-state index in [9.17, 15) is 5.11 Å². The number of rotatable bonds is 4. The normalized spacial score (nSPS) is 15.4. The Labute approximate surface area is 120 Å². The van der Waals surface area contributed by atoms with Gasteiger partial charge in [0.2, 0.25) is 0 Å². The van der Waals surface area contributed by atoms with Crippen molar-refractivity contribution in [1.82, 2.24) is 0 Å². The predicted octanol–water partition coefficient (Wildman–Crippen LogP) is 3.68. The monoisotopic (exact) mass is 268 g/mol. The summed E-state index contributed by atoms with van der Waals surface area (Å²) >= 11 is 0. The fraction of sp³-hybridized carbons (Fsp3) is 0.333. The molecule has 0 saturated carbocycles. The van der Waals surface area contributed by atoms with Crippen LogP contribution in [0.5, 0.6) is 5.75 Å². The summed E-state index contributed by atoms with van der Waals surface area (Å²) in [6, 6.07) is 15.9. The Morgan fingerprint density at radius 1 is 0.950 bits per heavy atom. The molecular formula is C18H20O2. The zero-order valence-corrected chi connectivity index (χ0v) is 11.6. The van der Waals surface area contributed by atoms with E-state index in [1.54, 1.807) is 0 Å². The first-order valence-electron chi connectivity index (χ1n) is 7.30. The fourth-order valence-corrected chi connectivity index (χ4v) is 2.75. The molecule has 2 nitrogen and oxygen atoms in total. The van der Waals surface area contributed by atoms with Crippen molar-refractivity contribution in [2.24, 2.45) is 0 Å². The molecule has 2 aromatic rings. The first-order valence-corrected chi connectivity index (χ1v) is 7.30. The summed E-state index contributed by atoms with van der Waals surface area (Å²) in [6.45, 7) is 0.294. The SMILES string of the molecule is OC(COc1ccc2c(c1)CCCC2)c1ccccc1. The Balaban J connectivity index is 1.64. The zero-order chi connectivity index (χ0) is 13.8. The van der Waals surface area contributed by atoms with E-state index in [4.69, 9.17) is 4.74 Å². The predicted molar refractivity (Wildman–Crippen MR) is 80.0 cm³/mol. The standard InChI is InChI=1S/C18H20O2/c19-18(15-7-2-1-3-8-15)13-20-17-11-10-14-6-4-5-9-16(14)12-17/h1-3,7-8,10-12,18-19H,4-6,9,13H2. The molecule has 0 aromatic heterocycles. The van der Waals surface area contributed by atoms with Crippen LogP contribution < -0.4 is 4.74 Å². The molecule has 1 aliphatic carbocycles. The van der Waals surface area contributed by atoms with E-state index in [1.165, 1.54) is 30.4 Å². The van der Waals surface area contributed by atoms with Crippen LogP contribution in [0.25, 0.3) is 0 Å². The highest BCUT2D eigenvalue weighted by Gasteiger charge is 2.11. The average molecular weight is 268 g/mol. The third-order valence-corrected chi connectivity index (χ3v) is 3.91. The lowest BCUT2D eigenvalue weighted by Crippen LogP contribution is -2.10. The van der Waals surface area contributed by atoms with E-state index in [1.807, 2.05) is 36.4 Å². The summed E-state index contributed by atoms with van der Waals surface area (Å²) in [7, 11) is 0. The van der Waals surface area contributed by atoms with Gasteiger partial charge in [-0.05, 0) is 54.5 Å². The maximum absolute atomic E-state index is 10.1. The minimum absolute atomic E-state index is 0.294. The van der Waals surface area contributed by atoms with Crippen molar-refractivity contribution >= 4 is 0 Å². The van der Waals surface area contributed by atoms with E-state index >= 15 is 0 Å². The van der Waals surface area contributed by atoms with Gasteiger partial charge in [0.1, 0.15) is 18.5 Å².